The van der Waals surface area contributed by atoms with Gasteiger partial charge in [-0.25, -0.2) is 18.4 Å². The summed E-state index contributed by atoms with van der Waals surface area (Å²) < 4.78 is 32.3. The number of primary sulfonamides is 1. The molecule has 0 atom stereocenters. The highest BCUT2D eigenvalue weighted by Crippen LogP contribution is 2.13. The number of carbonyl (C=O) groups excluding carboxylic acids is 2. The minimum Gasteiger partial charge on any atom is -0.484 e. The Labute approximate surface area is 157 Å². The van der Waals surface area contributed by atoms with Crippen LogP contribution < -0.4 is 15.2 Å². The fraction of sp³-hybridized carbons (Fsp3) is 0.222. The minimum atomic E-state index is -3.71. The number of methoxy groups -OCH3 is 1. The van der Waals surface area contributed by atoms with E-state index in [4.69, 9.17) is 9.88 Å². The van der Waals surface area contributed by atoms with Crippen molar-refractivity contribution in [2.24, 2.45) is 5.14 Å². The van der Waals surface area contributed by atoms with E-state index >= 15 is 0 Å². The van der Waals surface area contributed by atoms with Crippen LogP contribution in [0, 0.1) is 0 Å². The van der Waals surface area contributed by atoms with Gasteiger partial charge in [0.15, 0.2) is 6.61 Å². The third-order valence-corrected chi connectivity index (χ3v) is 4.56. The van der Waals surface area contributed by atoms with E-state index < -0.39 is 16.0 Å². The van der Waals surface area contributed by atoms with Crippen molar-refractivity contribution in [1.29, 1.82) is 0 Å². The van der Waals surface area contributed by atoms with E-state index in [1.165, 1.54) is 19.2 Å². The van der Waals surface area contributed by atoms with Crippen LogP contribution in [-0.2, 0) is 26.0 Å². The lowest BCUT2D eigenvalue weighted by Gasteiger charge is -2.08. The van der Waals surface area contributed by atoms with E-state index in [1.54, 1.807) is 36.4 Å². The Hall–Kier alpha value is -2.91. The summed E-state index contributed by atoms with van der Waals surface area (Å²) in [5, 5.41) is 7.74. The van der Waals surface area contributed by atoms with Crippen molar-refractivity contribution in [2.45, 2.75) is 11.3 Å². The Bertz CT molecular complexity index is 892. The predicted molar refractivity (Wildman–Crippen MR) is 97.8 cm³/mol. The zero-order valence-electron chi connectivity index (χ0n) is 14.7. The molecule has 0 aliphatic carbocycles. The topological polar surface area (TPSA) is 125 Å². The molecule has 0 heterocycles. The summed E-state index contributed by atoms with van der Waals surface area (Å²) in [4.78, 5) is 23.2. The first-order valence-electron chi connectivity index (χ1n) is 7.99. The molecule has 0 radical (unpaired) electrons. The lowest BCUT2D eigenvalue weighted by Crippen LogP contribution is -2.30. The summed E-state index contributed by atoms with van der Waals surface area (Å²) in [5.74, 6) is -0.291. The molecule has 8 nitrogen and oxygen atoms in total. The maximum Gasteiger partial charge on any atom is 0.337 e. The second-order valence-electron chi connectivity index (χ2n) is 5.59. The third-order valence-electron chi connectivity index (χ3n) is 3.63. The summed E-state index contributed by atoms with van der Waals surface area (Å²) in [6, 6.07) is 12.4. The van der Waals surface area contributed by atoms with Gasteiger partial charge in [-0.05, 0) is 48.4 Å². The number of amides is 1. The van der Waals surface area contributed by atoms with Gasteiger partial charge in [-0.2, -0.15) is 0 Å². The Kier molecular flexibility index (Phi) is 6.91. The molecule has 0 aliphatic rings. The number of nitrogens with one attached hydrogen (secondary N) is 1. The van der Waals surface area contributed by atoms with Crippen molar-refractivity contribution >= 4 is 21.9 Å². The highest BCUT2D eigenvalue weighted by molar-refractivity contribution is 7.89. The van der Waals surface area contributed by atoms with Crippen LogP contribution in [0.3, 0.4) is 0 Å². The molecule has 0 aromatic heterocycles. The molecule has 9 heteroatoms. The quantitative estimate of drug-likeness (QED) is 0.642. The fourth-order valence-electron chi connectivity index (χ4n) is 2.20. The number of rotatable bonds is 8. The van der Waals surface area contributed by atoms with Gasteiger partial charge in [-0.1, -0.05) is 12.1 Å². The van der Waals surface area contributed by atoms with E-state index in [1.807, 2.05) is 0 Å². The lowest BCUT2D eigenvalue weighted by molar-refractivity contribution is -0.123. The van der Waals surface area contributed by atoms with Crippen LogP contribution in [0.25, 0.3) is 0 Å². The molecule has 0 spiro atoms. The molecule has 0 saturated carbocycles. The molecule has 0 aliphatic heterocycles. The maximum absolute atomic E-state index is 11.8. The fourth-order valence-corrected chi connectivity index (χ4v) is 2.71. The van der Waals surface area contributed by atoms with Gasteiger partial charge in [0.25, 0.3) is 5.91 Å². The number of nitrogens with two attached hydrogens (primary N) is 1. The van der Waals surface area contributed by atoms with E-state index in [0.717, 1.165) is 5.56 Å². The van der Waals surface area contributed by atoms with Crippen LogP contribution >= 0.6 is 0 Å². The summed E-state index contributed by atoms with van der Waals surface area (Å²) in [5.41, 5.74) is 1.25. The lowest BCUT2D eigenvalue weighted by atomic mass is 10.1. The van der Waals surface area contributed by atoms with Crippen LogP contribution in [0.4, 0.5) is 0 Å². The van der Waals surface area contributed by atoms with Crippen molar-refractivity contribution in [2.75, 3.05) is 20.3 Å². The number of benzene rings is 2. The first kappa shape index (κ1) is 20.4. The molecule has 0 unspecified atom stereocenters. The second kappa shape index (κ2) is 9.15. The predicted octanol–water partition coefficient (Wildman–Crippen LogP) is 0.858. The van der Waals surface area contributed by atoms with Gasteiger partial charge in [0.2, 0.25) is 10.0 Å². The smallest absolute Gasteiger partial charge is 0.337 e. The van der Waals surface area contributed by atoms with Crippen molar-refractivity contribution in [3.63, 3.8) is 0 Å². The standard InChI is InChI=1S/C18H20N2O6S/c1-25-18(22)14-4-6-15(7-5-14)26-12-17(21)20-11-10-13-2-8-16(9-3-13)27(19,23)24/h2-9H,10-12H2,1H3,(H,20,21)(H2,19,23,24). The first-order chi connectivity index (χ1) is 12.8. The average molecular weight is 392 g/mol. The van der Waals surface area contributed by atoms with Gasteiger partial charge >= 0.3 is 5.97 Å². The Balaban J connectivity index is 1.74. The molecule has 0 saturated heterocycles. The average Bonchev–Trinajstić information content (AvgIpc) is 2.66. The molecular formula is C18H20N2O6S. The molecule has 27 heavy (non-hydrogen) atoms. The monoisotopic (exact) mass is 392 g/mol. The highest BCUT2D eigenvalue weighted by Gasteiger charge is 2.08. The number of sulfonamides is 1. The van der Waals surface area contributed by atoms with Gasteiger partial charge in [0, 0.05) is 6.54 Å². The van der Waals surface area contributed by atoms with E-state index in [-0.39, 0.29) is 17.4 Å². The normalized spacial score (nSPS) is 10.9. The molecule has 2 aromatic carbocycles. The van der Waals surface area contributed by atoms with Crippen LogP contribution in [0.2, 0.25) is 0 Å². The van der Waals surface area contributed by atoms with Crippen molar-refractivity contribution < 1.29 is 27.5 Å². The van der Waals surface area contributed by atoms with E-state index in [9.17, 15) is 18.0 Å². The Morgan fingerprint density at radius 3 is 2.22 bits per heavy atom. The summed E-state index contributed by atoms with van der Waals surface area (Å²) in [6.07, 6.45) is 0.532. The van der Waals surface area contributed by atoms with Crippen LogP contribution in [0.1, 0.15) is 15.9 Å². The minimum absolute atomic E-state index is 0.0434. The van der Waals surface area contributed by atoms with Gasteiger partial charge < -0.3 is 14.8 Å². The molecule has 144 valence electrons. The van der Waals surface area contributed by atoms with Gasteiger partial charge in [-0.15, -0.1) is 0 Å². The van der Waals surface area contributed by atoms with E-state index in [0.29, 0.717) is 24.3 Å². The summed E-state index contributed by atoms with van der Waals surface area (Å²) in [6.45, 7) is 0.208. The van der Waals surface area contributed by atoms with Gasteiger partial charge in [0.05, 0.1) is 17.6 Å². The largest absolute Gasteiger partial charge is 0.484 e. The van der Waals surface area contributed by atoms with Crippen LogP contribution in [0.15, 0.2) is 53.4 Å². The van der Waals surface area contributed by atoms with Crippen molar-refractivity contribution in [3.05, 3.63) is 59.7 Å². The third kappa shape index (κ3) is 6.39. The number of carbonyl (C=O) groups is 2. The highest BCUT2D eigenvalue weighted by atomic mass is 32.2. The molecule has 0 bridgehead atoms. The summed E-state index contributed by atoms with van der Waals surface area (Å²) in [7, 11) is -2.41. The number of hydrogen-bond donors (Lipinski definition) is 2. The molecule has 2 aromatic rings. The van der Waals surface area contributed by atoms with Crippen molar-refractivity contribution in [3.8, 4) is 5.75 Å². The number of esters is 1. The van der Waals surface area contributed by atoms with Crippen molar-refractivity contribution in [1.82, 2.24) is 5.32 Å². The molecule has 1 amide bonds. The van der Waals surface area contributed by atoms with Crippen LogP contribution in [-0.4, -0.2) is 40.6 Å². The maximum atomic E-state index is 11.8. The Morgan fingerprint density at radius 1 is 1.04 bits per heavy atom. The number of ether oxygens (including phenoxy) is 2. The zero-order chi connectivity index (χ0) is 19.9. The van der Waals surface area contributed by atoms with Gasteiger partial charge in [0.1, 0.15) is 5.75 Å². The first-order valence-corrected chi connectivity index (χ1v) is 9.54. The van der Waals surface area contributed by atoms with E-state index in [2.05, 4.69) is 10.1 Å². The molecule has 3 N–H and O–H groups in total. The van der Waals surface area contributed by atoms with Crippen LogP contribution in [0.5, 0.6) is 5.75 Å². The summed E-state index contributed by atoms with van der Waals surface area (Å²) >= 11 is 0. The molecule has 2 rings (SSSR count). The Morgan fingerprint density at radius 2 is 1.67 bits per heavy atom. The zero-order valence-corrected chi connectivity index (χ0v) is 15.5. The van der Waals surface area contributed by atoms with Gasteiger partial charge in [-0.3, -0.25) is 4.79 Å². The molecular weight excluding hydrogens is 372 g/mol. The molecule has 0 fully saturated rings. The SMILES string of the molecule is COC(=O)c1ccc(OCC(=O)NCCc2ccc(S(N)(=O)=O)cc2)cc1. The number of hydrogen-bond acceptors (Lipinski definition) is 6. The second-order valence-corrected chi connectivity index (χ2v) is 7.15.